The summed E-state index contributed by atoms with van der Waals surface area (Å²) in [5, 5.41) is 0. The predicted molar refractivity (Wildman–Crippen MR) is 157 cm³/mol. The zero-order chi connectivity index (χ0) is 26.1. The number of benzene rings is 1. The number of aryl methyl sites for hydroxylation is 1. The van der Waals surface area contributed by atoms with Crippen molar-refractivity contribution in [2.75, 3.05) is 19.8 Å². The van der Waals surface area contributed by atoms with E-state index >= 15 is 0 Å². The molecule has 1 aromatic carbocycles. The highest BCUT2D eigenvalue weighted by Gasteiger charge is 2.16. The van der Waals surface area contributed by atoms with Crippen LogP contribution < -0.4 is 14.2 Å². The molecular weight excluding hydrogens is 444 g/mol. The van der Waals surface area contributed by atoms with Gasteiger partial charge in [0, 0.05) is 0 Å². The topological polar surface area (TPSA) is 27.7 Å². The van der Waals surface area contributed by atoms with Crippen molar-refractivity contribution in [1.29, 1.82) is 0 Å². The molecule has 0 fully saturated rings. The summed E-state index contributed by atoms with van der Waals surface area (Å²) in [5.74, 6) is 2.53. The van der Waals surface area contributed by atoms with Gasteiger partial charge in [0.25, 0.3) is 0 Å². The zero-order valence-electron chi connectivity index (χ0n) is 24.4. The van der Waals surface area contributed by atoms with Gasteiger partial charge in [0.05, 0.1) is 19.8 Å². The first-order valence-corrected chi connectivity index (χ1v) is 15.6. The third kappa shape index (κ3) is 16.4. The van der Waals surface area contributed by atoms with E-state index in [4.69, 9.17) is 14.2 Å². The first-order valence-electron chi connectivity index (χ1n) is 15.6. The smallest absolute Gasteiger partial charge is 0.203 e. The van der Waals surface area contributed by atoms with Crippen LogP contribution in [0.25, 0.3) is 0 Å². The van der Waals surface area contributed by atoms with Crippen molar-refractivity contribution < 1.29 is 14.2 Å². The molecule has 0 N–H and O–H groups in total. The van der Waals surface area contributed by atoms with E-state index in [1.807, 2.05) is 0 Å². The first kappa shape index (κ1) is 32.6. The highest BCUT2D eigenvalue weighted by Crippen LogP contribution is 2.40. The molecule has 1 radical (unpaired) electrons. The molecule has 36 heavy (non-hydrogen) atoms. The van der Waals surface area contributed by atoms with E-state index in [-0.39, 0.29) is 0 Å². The van der Waals surface area contributed by atoms with Crippen molar-refractivity contribution in [2.24, 2.45) is 0 Å². The summed E-state index contributed by atoms with van der Waals surface area (Å²) in [7, 11) is 0. The lowest BCUT2D eigenvalue weighted by atomic mass is 10.1. The van der Waals surface area contributed by atoms with E-state index < -0.39 is 0 Å². The average molecular weight is 504 g/mol. The van der Waals surface area contributed by atoms with Crippen LogP contribution in [0.3, 0.4) is 0 Å². The lowest BCUT2D eigenvalue weighted by molar-refractivity contribution is 0.234. The summed E-state index contributed by atoms with van der Waals surface area (Å²) in [6.07, 6.45) is 24.5. The molecular formula is C33H59O3. The van der Waals surface area contributed by atoms with E-state index in [9.17, 15) is 0 Å². The standard InChI is InChI=1S/C33H59O3/c1-5-9-12-15-18-21-25-34-31-28-30(24-8-4)29-32(35-26-22-19-16-13-10-6-2)33(31)36-27-23-20-17-14-11-7-3/h28-29H,4-27H2,1-3H3. The highest BCUT2D eigenvalue weighted by atomic mass is 16.5. The van der Waals surface area contributed by atoms with Crippen molar-refractivity contribution in [2.45, 2.75) is 149 Å². The van der Waals surface area contributed by atoms with Gasteiger partial charge in [-0.25, -0.2) is 0 Å². The lowest BCUT2D eigenvalue weighted by Crippen LogP contribution is -2.07. The van der Waals surface area contributed by atoms with Crippen molar-refractivity contribution in [3.8, 4) is 17.2 Å². The number of hydrogen-bond donors (Lipinski definition) is 0. The number of rotatable bonds is 26. The second-order valence-electron chi connectivity index (χ2n) is 10.4. The van der Waals surface area contributed by atoms with Gasteiger partial charge in [-0.1, -0.05) is 124 Å². The molecule has 0 aromatic heterocycles. The normalized spacial score (nSPS) is 11.1. The molecule has 0 aliphatic carbocycles. The molecule has 1 rings (SSSR count). The SMILES string of the molecule is [CH2]CCc1cc(OCCCCCCCC)c(OCCCCCCCC)c(OCCCCCCCC)c1. The molecule has 0 amide bonds. The third-order valence-corrected chi connectivity index (χ3v) is 6.80. The quantitative estimate of drug-likeness (QED) is 0.118. The molecule has 3 heteroatoms. The van der Waals surface area contributed by atoms with Crippen LogP contribution in [0.1, 0.15) is 148 Å². The van der Waals surface area contributed by atoms with Crippen LogP contribution in [0.2, 0.25) is 0 Å². The van der Waals surface area contributed by atoms with Gasteiger partial charge in [0.1, 0.15) is 0 Å². The maximum Gasteiger partial charge on any atom is 0.203 e. The van der Waals surface area contributed by atoms with Crippen LogP contribution in [0.4, 0.5) is 0 Å². The fraction of sp³-hybridized carbons (Fsp3) is 0.788. The predicted octanol–water partition coefficient (Wildman–Crippen LogP) is 10.7. The first-order chi connectivity index (χ1) is 17.8. The van der Waals surface area contributed by atoms with Crippen molar-refractivity contribution >= 4 is 0 Å². The van der Waals surface area contributed by atoms with Gasteiger partial charge < -0.3 is 14.2 Å². The molecule has 0 bridgehead atoms. The van der Waals surface area contributed by atoms with Crippen LogP contribution in [0.5, 0.6) is 17.2 Å². The van der Waals surface area contributed by atoms with E-state index in [0.717, 1.165) is 69.2 Å². The summed E-state index contributed by atoms with van der Waals surface area (Å²) < 4.78 is 19.0. The number of ether oxygens (including phenoxy) is 3. The molecule has 0 atom stereocenters. The molecule has 0 saturated carbocycles. The Morgan fingerprint density at radius 1 is 0.500 bits per heavy atom. The van der Waals surface area contributed by atoms with Crippen molar-refractivity contribution in [3.05, 3.63) is 24.6 Å². The fourth-order valence-electron chi connectivity index (χ4n) is 4.52. The minimum atomic E-state index is 0.724. The highest BCUT2D eigenvalue weighted by molar-refractivity contribution is 5.54. The van der Waals surface area contributed by atoms with Gasteiger partial charge in [-0.2, -0.15) is 0 Å². The van der Waals surface area contributed by atoms with Crippen molar-refractivity contribution in [1.82, 2.24) is 0 Å². The van der Waals surface area contributed by atoms with Gasteiger partial charge >= 0.3 is 0 Å². The Hall–Kier alpha value is -1.38. The van der Waals surface area contributed by atoms with Gasteiger partial charge in [-0.05, 0) is 49.8 Å². The molecule has 3 nitrogen and oxygen atoms in total. The van der Waals surface area contributed by atoms with E-state index in [1.165, 1.54) is 102 Å². The Morgan fingerprint density at radius 2 is 0.861 bits per heavy atom. The number of hydrogen-bond acceptors (Lipinski definition) is 3. The third-order valence-electron chi connectivity index (χ3n) is 6.80. The molecule has 0 spiro atoms. The molecule has 0 aliphatic heterocycles. The van der Waals surface area contributed by atoms with Gasteiger partial charge in [0.15, 0.2) is 11.5 Å². The summed E-state index contributed by atoms with van der Waals surface area (Å²) in [6.45, 7) is 13.1. The molecule has 0 unspecified atom stereocenters. The van der Waals surface area contributed by atoms with Crippen molar-refractivity contribution in [3.63, 3.8) is 0 Å². The van der Waals surface area contributed by atoms with Crippen LogP contribution in [-0.4, -0.2) is 19.8 Å². The van der Waals surface area contributed by atoms with E-state index in [2.05, 4.69) is 39.8 Å². The Kier molecular flexibility index (Phi) is 21.8. The second kappa shape index (κ2) is 24.0. The monoisotopic (exact) mass is 503 g/mol. The Bertz CT molecular complexity index is 574. The lowest BCUT2D eigenvalue weighted by Gasteiger charge is -2.19. The zero-order valence-corrected chi connectivity index (χ0v) is 24.4. The summed E-state index contributed by atoms with van der Waals surface area (Å²) >= 11 is 0. The Balaban J connectivity index is 2.75. The van der Waals surface area contributed by atoms with E-state index in [0.29, 0.717) is 0 Å². The molecule has 0 aliphatic rings. The van der Waals surface area contributed by atoms with Crippen LogP contribution in [0.15, 0.2) is 12.1 Å². The Morgan fingerprint density at radius 3 is 1.25 bits per heavy atom. The Labute approximate surface area is 225 Å². The van der Waals surface area contributed by atoms with Gasteiger partial charge in [-0.3, -0.25) is 0 Å². The molecule has 209 valence electrons. The van der Waals surface area contributed by atoms with Crippen LogP contribution >= 0.6 is 0 Å². The second-order valence-corrected chi connectivity index (χ2v) is 10.4. The minimum Gasteiger partial charge on any atom is -0.490 e. The van der Waals surface area contributed by atoms with Gasteiger partial charge in [0.2, 0.25) is 5.75 Å². The summed E-state index contributed by atoms with van der Waals surface area (Å²) in [4.78, 5) is 0. The largest absolute Gasteiger partial charge is 0.490 e. The summed E-state index contributed by atoms with van der Waals surface area (Å²) in [5.41, 5.74) is 1.23. The molecule has 0 heterocycles. The van der Waals surface area contributed by atoms with Crippen LogP contribution in [0, 0.1) is 6.92 Å². The minimum absolute atomic E-state index is 0.724. The van der Waals surface area contributed by atoms with Crippen LogP contribution in [-0.2, 0) is 6.42 Å². The van der Waals surface area contributed by atoms with Gasteiger partial charge in [-0.15, -0.1) is 0 Å². The molecule has 1 aromatic rings. The number of unbranched alkanes of at least 4 members (excludes halogenated alkanes) is 15. The summed E-state index contributed by atoms with van der Waals surface area (Å²) in [6, 6.07) is 4.33. The van der Waals surface area contributed by atoms with E-state index in [1.54, 1.807) is 0 Å². The average Bonchev–Trinajstić information content (AvgIpc) is 2.88. The fourth-order valence-corrected chi connectivity index (χ4v) is 4.52. The molecule has 0 saturated heterocycles. The maximum atomic E-state index is 6.36. The maximum absolute atomic E-state index is 6.36.